The molecule has 19 heavy (non-hydrogen) atoms. The first-order valence-corrected chi connectivity index (χ1v) is 5.43. The Balaban J connectivity index is 2.37. The minimum Gasteiger partial charge on any atom is -0.267 e. The Labute approximate surface area is 108 Å². The zero-order valence-electron chi connectivity index (χ0n) is 9.81. The molecule has 0 atom stereocenters. The van der Waals surface area contributed by atoms with Crippen molar-refractivity contribution in [2.24, 2.45) is 5.84 Å². The maximum absolute atomic E-state index is 13.1. The molecule has 0 bridgehead atoms. The first kappa shape index (κ1) is 13.1. The molecule has 0 aliphatic rings. The lowest BCUT2D eigenvalue weighted by molar-refractivity contribution is 0.0974. The van der Waals surface area contributed by atoms with Crippen molar-refractivity contribution < 1.29 is 13.6 Å². The van der Waals surface area contributed by atoms with Crippen molar-refractivity contribution in [3.8, 4) is 0 Å². The molecule has 2 aromatic carbocycles. The van der Waals surface area contributed by atoms with E-state index in [1.54, 1.807) is 30.3 Å². The Morgan fingerprint density at radius 2 is 1.63 bits per heavy atom. The third kappa shape index (κ3) is 2.93. The number of nitrogens with one attached hydrogen (secondary N) is 1. The van der Waals surface area contributed by atoms with Gasteiger partial charge in [0.25, 0.3) is 5.91 Å². The van der Waals surface area contributed by atoms with Crippen LogP contribution in [-0.2, 0) is 0 Å². The van der Waals surface area contributed by atoms with E-state index < -0.39 is 17.5 Å². The molecule has 1 amide bonds. The molecule has 4 nitrogen and oxygen atoms in total. The molecule has 0 radical (unpaired) electrons. The molecule has 0 aromatic heterocycles. The predicted octanol–water partition coefficient (Wildman–Crippen LogP) is 1.99. The minimum atomic E-state index is -0.795. The van der Waals surface area contributed by atoms with Crippen LogP contribution in [0.2, 0.25) is 0 Å². The molecule has 0 heterocycles. The van der Waals surface area contributed by atoms with Gasteiger partial charge in [0.15, 0.2) is 0 Å². The van der Waals surface area contributed by atoms with Gasteiger partial charge in [0, 0.05) is 11.6 Å². The number of carbonyl (C=O) groups is 1. The zero-order chi connectivity index (χ0) is 13.8. The van der Waals surface area contributed by atoms with Crippen molar-refractivity contribution in [3.63, 3.8) is 0 Å². The van der Waals surface area contributed by atoms with Crippen LogP contribution in [0.4, 0.5) is 14.5 Å². The van der Waals surface area contributed by atoms with Crippen LogP contribution in [0.15, 0.2) is 48.5 Å². The van der Waals surface area contributed by atoms with E-state index in [-0.39, 0.29) is 5.69 Å². The molecule has 0 spiro atoms. The summed E-state index contributed by atoms with van der Waals surface area (Å²) in [6.07, 6.45) is 0. The van der Waals surface area contributed by atoms with Crippen molar-refractivity contribution in [2.45, 2.75) is 0 Å². The van der Waals surface area contributed by atoms with E-state index in [9.17, 15) is 13.6 Å². The summed E-state index contributed by atoms with van der Waals surface area (Å²) >= 11 is 0. The van der Waals surface area contributed by atoms with Gasteiger partial charge >= 0.3 is 0 Å². The largest absolute Gasteiger partial charge is 0.273 e. The van der Waals surface area contributed by atoms with E-state index in [0.717, 1.165) is 17.1 Å². The van der Waals surface area contributed by atoms with Gasteiger partial charge in [-0.05, 0) is 24.3 Å². The Kier molecular flexibility index (Phi) is 3.84. The number of nitrogens with zero attached hydrogens (tertiary/aromatic N) is 1. The fraction of sp³-hybridized carbons (Fsp3) is 0. The first-order valence-electron chi connectivity index (χ1n) is 5.43. The van der Waals surface area contributed by atoms with Gasteiger partial charge in [0.1, 0.15) is 11.6 Å². The highest BCUT2D eigenvalue weighted by molar-refractivity contribution is 6.05. The van der Waals surface area contributed by atoms with Crippen LogP contribution in [0.3, 0.4) is 0 Å². The van der Waals surface area contributed by atoms with Crippen LogP contribution < -0.4 is 16.4 Å². The molecule has 98 valence electrons. The molecule has 2 rings (SSSR count). The van der Waals surface area contributed by atoms with E-state index in [4.69, 9.17) is 5.84 Å². The second-order valence-corrected chi connectivity index (χ2v) is 3.76. The van der Waals surface area contributed by atoms with Crippen LogP contribution in [0.1, 0.15) is 10.4 Å². The summed E-state index contributed by atoms with van der Waals surface area (Å²) in [4.78, 5) is 12.1. The molecule has 2 aromatic rings. The van der Waals surface area contributed by atoms with Gasteiger partial charge in [-0.3, -0.25) is 10.6 Å². The van der Waals surface area contributed by atoms with Crippen LogP contribution in [0.5, 0.6) is 0 Å². The molecule has 0 saturated heterocycles. The van der Waals surface area contributed by atoms with Crippen LogP contribution in [0.25, 0.3) is 0 Å². The molecule has 0 aliphatic heterocycles. The highest BCUT2D eigenvalue weighted by Gasteiger charge is 2.17. The van der Waals surface area contributed by atoms with Gasteiger partial charge in [0.05, 0.1) is 5.69 Å². The lowest BCUT2D eigenvalue weighted by atomic mass is 10.2. The predicted molar refractivity (Wildman–Crippen MR) is 66.9 cm³/mol. The number of benzene rings is 2. The first-order chi connectivity index (χ1) is 9.11. The molecule has 3 N–H and O–H groups in total. The van der Waals surface area contributed by atoms with Crippen LogP contribution in [0, 0.1) is 11.6 Å². The minimum absolute atomic E-state index is 0.0196. The number of nitrogens with two attached hydrogens (primary N) is 1. The molecular weight excluding hydrogens is 252 g/mol. The summed E-state index contributed by atoms with van der Waals surface area (Å²) in [5, 5.41) is 0.863. The monoisotopic (exact) mass is 263 g/mol. The van der Waals surface area contributed by atoms with E-state index >= 15 is 0 Å². The number of hydrazine groups is 2. The van der Waals surface area contributed by atoms with Crippen LogP contribution in [-0.4, -0.2) is 5.91 Å². The Hall–Kier alpha value is -2.31. The Morgan fingerprint density at radius 3 is 2.16 bits per heavy atom. The lowest BCUT2D eigenvalue weighted by Gasteiger charge is -2.21. The van der Waals surface area contributed by atoms with Crippen LogP contribution >= 0.6 is 0 Å². The topological polar surface area (TPSA) is 58.4 Å². The maximum atomic E-state index is 13.1. The summed E-state index contributed by atoms with van der Waals surface area (Å²) in [5.74, 6) is 3.14. The number of anilines is 1. The van der Waals surface area contributed by atoms with E-state index in [1.165, 1.54) is 0 Å². The van der Waals surface area contributed by atoms with Crippen molar-refractivity contribution in [2.75, 3.05) is 5.01 Å². The molecule has 0 aliphatic carbocycles. The number of hydrogen-bond acceptors (Lipinski definition) is 3. The van der Waals surface area contributed by atoms with Crippen molar-refractivity contribution >= 4 is 11.6 Å². The summed E-state index contributed by atoms with van der Waals surface area (Å²) in [6, 6.07) is 11.0. The second-order valence-electron chi connectivity index (χ2n) is 3.76. The second kappa shape index (κ2) is 5.55. The Morgan fingerprint density at radius 1 is 1.05 bits per heavy atom. The van der Waals surface area contributed by atoms with E-state index in [1.807, 2.05) is 0 Å². The summed E-state index contributed by atoms with van der Waals surface area (Å²) < 4.78 is 26.3. The third-order valence-corrected chi connectivity index (χ3v) is 2.46. The molecule has 0 saturated carbocycles. The van der Waals surface area contributed by atoms with Gasteiger partial charge in [-0.25, -0.2) is 13.8 Å². The summed E-state index contributed by atoms with van der Waals surface area (Å²) in [7, 11) is 0. The normalized spacial score (nSPS) is 10.3. The fourth-order valence-corrected chi connectivity index (χ4v) is 1.63. The lowest BCUT2D eigenvalue weighted by Crippen LogP contribution is -2.47. The average Bonchev–Trinajstić information content (AvgIpc) is 2.39. The number of halogens is 2. The van der Waals surface area contributed by atoms with Gasteiger partial charge in [-0.2, -0.15) is 5.53 Å². The van der Waals surface area contributed by atoms with E-state index in [0.29, 0.717) is 11.6 Å². The van der Waals surface area contributed by atoms with Gasteiger partial charge < -0.3 is 0 Å². The van der Waals surface area contributed by atoms with Crippen molar-refractivity contribution in [1.82, 2.24) is 5.53 Å². The third-order valence-electron chi connectivity index (χ3n) is 2.46. The zero-order valence-corrected chi connectivity index (χ0v) is 9.81. The molecule has 6 heteroatoms. The highest BCUT2D eigenvalue weighted by Crippen LogP contribution is 2.18. The maximum Gasteiger partial charge on any atom is 0.273 e. The number of rotatable bonds is 3. The molecule has 0 fully saturated rings. The van der Waals surface area contributed by atoms with Gasteiger partial charge in [-0.15, -0.1) is 0 Å². The fourth-order valence-electron chi connectivity index (χ4n) is 1.63. The number of carbonyl (C=O) groups excluding carboxylic acids is 1. The standard InChI is InChI=1S/C13H11F2N3O/c14-10-6-11(15)8-12(7-10)18(17-16)13(19)9-4-2-1-3-5-9/h1-8,17H,16H2. The summed E-state index contributed by atoms with van der Waals surface area (Å²) in [6.45, 7) is 0. The van der Waals surface area contributed by atoms with Crippen molar-refractivity contribution in [3.05, 3.63) is 65.7 Å². The average molecular weight is 263 g/mol. The molecular formula is C13H11F2N3O. The number of amides is 1. The molecule has 0 unspecified atom stereocenters. The quantitative estimate of drug-likeness (QED) is 0.657. The van der Waals surface area contributed by atoms with Gasteiger partial charge in [-0.1, -0.05) is 18.2 Å². The van der Waals surface area contributed by atoms with Crippen molar-refractivity contribution in [1.29, 1.82) is 0 Å². The van der Waals surface area contributed by atoms with E-state index in [2.05, 4.69) is 5.53 Å². The smallest absolute Gasteiger partial charge is 0.267 e. The SMILES string of the molecule is NNN(C(=O)c1ccccc1)c1cc(F)cc(F)c1. The highest BCUT2D eigenvalue weighted by atomic mass is 19.1. The summed E-state index contributed by atoms with van der Waals surface area (Å²) in [5.41, 5.74) is 2.44. The van der Waals surface area contributed by atoms with Gasteiger partial charge in [0.2, 0.25) is 0 Å². The number of hydrogen-bond donors (Lipinski definition) is 2. The Bertz CT molecular complexity index is 569.